The Hall–Kier alpha value is -0.850. The summed E-state index contributed by atoms with van der Waals surface area (Å²) in [6.45, 7) is 19.0. The van der Waals surface area contributed by atoms with Gasteiger partial charge in [0.25, 0.3) is 0 Å². The fourth-order valence-corrected chi connectivity index (χ4v) is 10.7. The molecule has 1 aliphatic heterocycles. The number of aliphatic hydroxyl groups is 1. The molecule has 1 amide bonds. The van der Waals surface area contributed by atoms with Crippen molar-refractivity contribution in [1.82, 2.24) is 10.2 Å². The fraction of sp³-hybridized carbons (Fsp3) is 0.971. The van der Waals surface area contributed by atoms with Crippen LogP contribution in [0.25, 0.3) is 0 Å². The number of alkyl carbamates (subject to hydrolysis) is 1. The molecule has 0 aromatic carbocycles. The highest BCUT2D eigenvalue weighted by atomic mass is 16.6. The van der Waals surface area contributed by atoms with Crippen molar-refractivity contribution in [2.75, 3.05) is 39.9 Å². The van der Waals surface area contributed by atoms with Crippen LogP contribution in [0.4, 0.5) is 4.79 Å². The molecule has 5 rings (SSSR count). The Kier molecular flexibility index (Phi) is 8.42. The van der Waals surface area contributed by atoms with E-state index in [1.807, 2.05) is 0 Å². The minimum absolute atomic E-state index is 0.000834. The smallest absolute Gasteiger partial charge is 0.407 e. The number of carbonyl (C=O) groups is 1. The van der Waals surface area contributed by atoms with Crippen molar-refractivity contribution < 1.29 is 19.4 Å². The number of amides is 1. The van der Waals surface area contributed by atoms with Crippen molar-refractivity contribution in [3.63, 3.8) is 0 Å². The molecule has 1 saturated heterocycles. The number of methoxy groups -OCH3 is 1. The van der Waals surface area contributed by atoms with Crippen LogP contribution in [0.15, 0.2) is 0 Å². The Labute approximate surface area is 244 Å². The van der Waals surface area contributed by atoms with E-state index < -0.39 is 0 Å². The van der Waals surface area contributed by atoms with E-state index in [0.717, 1.165) is 45.5 Å². The van der Waals surface area contributed by atoms with Crippen molar-refractivity contribution in [2.45, 2.75) is 124 Å². The zero-order valence-corrected chi connectivity index (χ0v) is 26.8. The number of hydrogen-bond acceptors (Lipinski definition) is 5. The molecule has 230 valence electrons. The second-order valence-electron chi connectivity index (χ2n) is 16.2. The van der Waals surface area contributed by atoms with E-state index in [2.05, 4.69) is 51.8 Å². The molecule has 1 spiro atoms. The van der Waals surface area contributed by atoms with Gasteiger partial charge in [-0.15, -0.1) is 0 Å². The molecule has 0 bridgehead atoms. The average molecular weight is 561 g/mol. The number of rotatable bonds is 11. The number of aliphatic hydroxyl groups excluding tert-OH is 1. The van der Waals surface area contributed by atoms with Crippen LogP contribution in [0.2, 0.25) is 0 Å². The SMILES string of the molecule is COCC[C@@H](C)[C@H]1C[C@H](O)C(C)(C)[C@]1(C)CC[C@]12CCC[C@H]3C(C)(C)[C@@H](OC(=O)NCCN4CCC4)CC[C@@]31C2. The van der Waals surface area contributed by atoms with Crippen molar-refractivity contribution in [3.05, 3.63) is 0 Å². The molecular formula is C34H60N2O4. The maximum atomic E-state index is 12.7. The van der Waals surface area contributed by atoms with E-state index >= 15 is 0 Å². The largest absolute Gasteiger partial charge is 0.446 e. The first-order valence-corrected chi connectivity index (χ1v) is 16.7. The number of carbonyl (C=O) groups excluding carboxylic acids is 1. The molecule has 0 unspecified atom stereocenters. The summed E-state index contributed by atoms with van der Waals surface area (Å²) in [6, 6.07) is 0. The third kappa shape index (κ3) is 4.94. The minimum Gasteiger partial charge on any atom is -0.446 e. The molecule has 4 aliphatic carbocycles. The van der Waals surface area contributed by atoms with Crippen LogP contribution in [-0.2, 0) is 9.47 Å². The third-order valence-electron chi connectivity index (χ3n) is 14.1. The predicted octanol–water partition coefficient (Wildman–Crippen LogP) is 6.65. The lowest BCUT2D eigenvalue weighted by atomic mass is 9.52. The van der Waals surface area contributed by atoms with Gasteiger partial charge in [-0.3, -0.25) is 0 Å². The summed E-state index contributed by atoms with van der Waals surface area (Å²) in [4.78, 5) is 15.1. The first kappa shape index (κ1) is 30.6. The monoisotopic (exact) mass is 560 g/mol. The van der Waals surface area contributed by atoms with Crippen molar-refractivity contribution in [3.8, 4) is 0 Å². The van der Waals surface area contributed by atoms with Gasteiger partial charge < -0.3 is 24.8 Å². The van der Waals surface area contributed by atoms with Gasteiger partial charge in [0.15, 0.2) is 0 Å². The van der Waals surface area contributed by atoms with E-state index in [-0.39, 0.29) is 34.5 Å². The van der Waals surface area contributed by atoms with Crippen LogP contribution in [0.1, 0.15) is 112 Å². The van der Waals surface area contributed by atoms with Gasteiger partial charge in [0, 0.05) is 32.2 Å². The Morgan fingerprint density at radius 1 is 1.07 bits per heavy atom. The lowest BCUT2D eigenvalue weighted by Crippen LogP contribution is -2.52. The van der Waals surface area contributed by atoms with E-state index in [0.29, 0.717) is 35.1 Å². The number of nitrogens with zero attached hydrogens (tertiary/aromatic N) is 1. The molecule has 0 aromatic rings. The van der Waals surface area contributed by atoms with Crippen LogP contribution >= 0.6 is 0 Å². The van der Waals surface area contributed by atoms with Gasteiger partial charge in [-0.2, -0.15) is 0 Å². The first-order chi connectivity index (χ1) is 18.8. The number of likely N-dealkylation sites (tertiary alicyclic amines) is 1. The van der Waals surface area contributed by atoms with Crippen LogP contribution < -0.4 is 5.32 Å². The Morgan fingerprint density at radius 3 is 2.50 bits per heavy atom. The van der Waals surface area contributed by atoms with E-state index in [4.69, 9.17) is 9.47 Å². The normalized spacial score (nSPS) is 42.3. The summed E-state index contributed by atoms with van der Waals surface area (Å²) in [7, 11) is 1.80. The summed E-state index contributed by atoms with van der Waals surface area (Å²) >= 11 is 0. The molecule has 8 atom stereocenters. The number of hydrogen-bond donors (Lipinski definition) is 2. The second kappa shape index (κ2) is 11.0. The lowest BCUT2D eigenvalue weighted by molar-refractivity contribution is -0.100. The van der Waals surface area contributed by atoms with Gasteiger partial charge in [0.2, 0.25) is 0 Å². The second-order valence-corrected chi connectivity index (χ2v) is 16.2. The predicted molar refractivity (Wildman–Crippen MR) is 160 cm³/mol. The van der Waals surface area contributed by atoms with Gasteiger partial charge in [-0.25, -0.2) is 4.79 Å². The summed E-state index contributed by atoms with van der Waals surface area (Å²) in [6.07, 6.45) is 12.7. The van der Waals surface area contributed by atoms with Gasteiger partial charge in [0.05, 0.1) is 6.10 Å². The Morgan fingerprint density at radius 2 is 1.82 bits per heavy atom. The highest BCUT2D eigenvalue weighted by Gasteiger charge is 2.75. The van der Waals surface area contributed by atoms with Crippen LogP contribution in [0, 0.1) is 44.8 Å². The molecule has 6 nitrogen and oxygen atoms in total. The van der Waals surface area contributed by atoms with Crippen molar-refractivity contribution >= 4 is 6.09 Å². The highest BCUT2D eigenvalue weighted by molar-refractivity contribution is 5.67. The van der Waals surface area contributed by atoms with Crippen LogP contribution in [0.3, 0.4) is 0 Å². The summed E-state index contributed by atoms with van der Waals surface area (Å²) in [5.41, 5.74) is 0.885. The molecule has 6 heteroatoms. The van der Waals surface area contributed by atoms with Crippen molar-refractivity contribution in [1.29, 1.82) is 0 Å². The zero-order chi connectivity index (χ0) is 29.0. The molecule has 1 heterocycles. The highest BCUT2D eigenvalue weighted by Crippen LogP contribution is 2.82. The molecule has 0 radical (unpaired) electrons. The van der Waals surface area contributed by atoms with Gasteiger partial charge in [-0.05, 0) is 117 Å². The Bertz CT molecular complexity index is 918. The zero-order valence-electron chi connectivity index (χ0n) is 26.8. The van der Waals surface area contributed by atoms with Gasteiger partial charge in [-0.1, -0.05) is 48.0 Å². The first-order valence-electron chi connectivity index (χ1n) is 16.7. The van der Waals surface area contributed by atoms with E-state index in [9.17, 15) is 9.90 Å². The molecule has 0 aromatic heterocycles. The minimum atomic E-state index is -0.235. The van der Waals surface area contributed by atoms with E-state index in [1.165, 1.54) is 51.4 Å². The quantitative estimate of drug-likeness (QED) is 0.296. The maximum Gasteiger partial charge on any atom is 0.407 e. The fourth-order valence-electron chi connectivity index (χ4n) is 10.7. The molecule has 2 N–H and O–H groups in total. The van der Waals surface area contributed by atoms with Gasteiger partial charge >= 0.3 is 6.09 Å². The molecule has 4 saturated carbocycles. The molecular weight excluding hydrogens is 500 g/mol. The summed E-state index contributed by atoms with van der Waals surface area (Å²) in [5, 5.41) is 14.2. The number of ether oxygens (including phenoxy) is 2. The molecule has 5 fully saturated rings. The topological polar surface area (TPSA) is 71.0 Å². The molecule has 5 aliphatic rings. The Balaban J connectivity index is 1.24. The summed E-state index contributed by atoms with van der Waals surface area (Å²) < 4.78 is 11.6. The summed E-state index contributed by atoms with van der Waals surface area (Å²) in [5.74, 6) is 1.70. The van der Waals surface area contributed by atoms with Gasteiger partial charge in [0.1, 0.15) is 6.10 Å². The number of nitrogens with one attached hydrogen (secondary N) is 1. The molecule has 40 heavy (non-hydrogen) atoms. The maximum absolute atomic E-state index is 12.7. The van der Waals surface area contributed by atoms with Crippen molar-refractivity contribution in [2.24, 2.45) is 44.8 Å². The van der Waals surface area contributed by atoms with Crippen LogP contribution in [0.5, 0.6) is 0 Å². The standard InChI is InChI=1S/C34H60N2O4/c1-24(12-21-39-7)25-22-27(37)31(4,5)32(25,6)15-16-33-13-8-10-26-30(2,3)28(11-14-34(26,33)23-33)40-29(38)35-17-20-36-18-9-19-36/h24-28,37H,8-23H2,1-7H3,(H,35,38)/t24-,25-,26+,27+,28+,32-,33+,34-/m1/s1. The average Bonchev–Trinajstić information content (AvgIpc) is 3.51. The third-order valence-corrected chi connectivity index (χ3v) is 14.1. The lowest BCUT2D eigenvalue weighted by Gasteiger charge is -2.54. The van der Waals surface area contributed by atoms with E-state index in [1.54, 1.807) is 7.11 Å². The van der Waals surface area contributed by atoms with Crippen LogP contribution in [-0.4, -0.2) is 68.2 Å².